The Balaban J connectivity index is 2.34. The molecule has 0 amide bonds. The molecule has 0 aromatic rings. The molecule has 4 atom stereocenters. The van der Waals surface area contributed by atoms with Gasteiger partial charge in [0.15, 0.2) is 0 Å². The van der Waals surface area contributed by atoms with Gasteiger partial charge in [0.1, 0.15) is 17.6 Å². The zero-order chi connectivity index (χ0) is 15.7. The van der Waals surface area contributed by atoms with E-state index in [4.69, 9.17) is 4.74 Å². The van der Waals surface area contributed by atoms with E-state index in [1.165, 1.54) is 0 Å². The van der Waals surface area contributed by atoms with Crippen molar-refractivity contribution in [3.8, 4) is 0 Å². The summed E-state index contributed by atoms with van der Waals surface area (Å²) in [6, 6.07) is 0. The molecule has 0 spiro atoms. The molecule has 0 radical (unpaired) electrons. The average molecular weight is 296 g/mol. The molecule has 1 aliphatic carbocycles. The van der Waals surface area contributed by atoms with Crippen LogP contribution in [0.25, 0.3) is 0 Å². The van der Waals surface area contributed by atoms with E-state index >= 15 is 0 Å². The maximum Gasteiger partial charge on any atom is 0.342 e. The fourth-order valence-electron chi connectivity index (χ4n) is 3.58. The summed E-state index contributed by atoms with van der Waals surface area (Å²) in [5, 5.41) is 21.2. The third-order valence-electron chi connectivity index (χ3n) is 4.25. The Labute approximate surface area is 118 Å². The summed E-state index contributed by atoms with van der Waals surface area (Å²) in [7, 11) is 0. The Hall–Kier alpha value is -2.06. The summed E-state index contributed by atoms with van der Waals surface area (Å²) < 4.78 is 9.29. The maximum absolute atomic E-state index is 11.9. The fourth-order valence-corrected chi connectivity index (χ4v) is 3.58. The van der Waals surface area contributed by atoms with Gasteiger partial charge in [-0.25, -0.2) is 4.79 Å². The number of ether oxygens (including phenoxy) is 2. The second kappa shape index (κ2) is 3.77. The molecule has 0 aromatic heterocycles. The molecule has 3 aliphatic rings. The predicted octanol–water partition coefficient (Wildman–Crippen LogP) is -1.41. The number of Topliss-reactive ketones (excluding diaryl/α,β-unsaturated/α-hetero) is 1. The van der Waals surface area contributed by atoms with Gasteiger partial charge in [0.05, 0.1) is 17.6 Å². The minimum atomic E-state index is -2.43. The molecule has 2 fully saturated rings. The van der Waals surface area contributed by atoms with Crippen molar-refractivity contribution in [3.05, 3.63) is 11.1 Å². The van der Waals surface area contributed by atoms with Crippen molar-refractivity contribution in [3.63, 3.8) is 0 Å². The molecular weight excluding hydrogens is 284 g/mol. The fraction of sp³-hybridized carbons (Fsp3) is 0.538. The molecule has 2 heterocycles. The highest BCUT2D eigenvalue weighted by Crippen LogP contribution is 2.54. The molecule has 0 unspecified atom stereocenters. The monoisotopic (exact) mass is 296 g/mol. The van der Waals surface area contributed by atoms with E-state index in [0.717, 1.165) is 13.8 Å². The summed E-state index contributed by atoms with van der Waals surface area (Å²) in [5.74, 6) is -9.03. The molecule has 3 rings (SSSR count). The van der Waals surface area contributed by atoms with Crippen molar-refractivity contribution >= 4 is 23.7 Å². The van der Waals surface area contributed by atoms with E-state index in [2.05, 4.69) is 4.74 Å². The average Bonchev–Trinajstić information content (AvgIpc) is 2.74. The van der Waals surface area contributed by atoms with Crippen LogP contribution in [-0.4, -0.2) is 45.3 Å². The number of carbonyl (C=O) groups excluding carboxylic acids is 4. The third-order valence-corrected chi connectivity index (χ3v) is 4.25. The van der Waals surface area contributed by atoms with E-state index < -0.39 is 53.3 Å². The SMILES string of the molecule is CC(=O)[C@@H]1[C@](C)(O)[C@H]2C(=O)OC(=O)C2=C2CC(=O)O[C@@]21O. The van der Waals surface area contributed by atoms with Crippen molar-refractivity contribution in [2.75, 3.05) is 0 Å². The number of hydrogen-bond acceptors (Lipinski definition) is 8. The highest BCUT2D eigenvalue weighted by atomic mass is 16.7. The van der Waals surface area contributed by atoms with E-state index in [-0.39, 0.29) is 11.1 Å². The van der Waals surface area contributed by atoms with Crippen LogP contribution in [0.3, 0.4) is 0 Å². The van der Waals surface area contributed by atoms with Gasteiger partial charge in [-0.1, -0.05) is 0 Å². The summed E-state index contributed by atoms with van der Waals surface area (Å²) >= 11 is 0. The number of rotatable bonds is 1. The van der Waals surface area contributed by atoms with Crippen LogP contribution in [0, 0.1) is 11.8 Å². The lowest BCUT2D eigenvalue weighted by Gasteiger charge is -2.45. The van der Waals surface area contributed by atoms with Gasteiger partial charge in [0, 0.05) is 5.57 Å². The molecule has 8 nitrogen and oxygen atoms in total. The van der Waals surface area contributed by atoms with E-state index in [0.29, 0.717) is 0 Å². The Morgan fingerprint density at radius 2 is 1.90 bits per heavy atom. The minimum Gasteiger partial charge on any atom is -0.428 e. The number of cyclic esters (lactones) is 2. The van der Waals surface area contributed by atoms with Crippen molar-refractivity contribution in [1.29, 1.82) is 0 Å². The maximum atomic E-state index is 11.9. The van der Waals surface area contributed by atoms with Gasteiger partial charge >= 0.3 is 17.9 Å². The van der Waals surface area contributed by atoms with Crippen LogP contribution in [0.1, 0.15) is 20.3 Å². The number of aliphatic hydroxyl groups is 2. The Morgan fingerprint density at radius 3 is 2.48 bits per heavy atom. The van der Waals surface area contributed by atoms with Crippen LogP contribution < -0.4 is 0 Å². The highest BCUT2D eigenvalue weighted by Gasteiger charge is 2.70. The number of hydrogen-bond donors (Lipinski definition) is 2. The first-order valence-electron chi connectivity index (χ1n) is 6.27. The molecule has 0 bridgehead atoms. The molecular formula is C13H12O8. The second-order valence-corrected chi connectivity index (χ2v) is 5.65. The van der Waals surface area contributed by atoms with Crippen molar-refractivity contribution in [1.82, 2.24) is 0 Å². The van der Waals surface area contributed by atoms with Crippen molar-refractivity contribution < 1.29 is 38.9 Å². The number of fused-ring (bicyclic) bond motifs is 2. The van der Waals surface area contributed by atoms with Crippen LogP contribution in [0.4, 0.5) is 0 Å². The predicted molar refractivity (Wildman–Crippen MR) is 62.1 cm³/mol. The quantitative estimate of drug-likeness (QED) is 0.446. The van der Waals surface area contributed by atoms with Crippen LogP contribution in [0.5, 0.6) is 0 Å². The van der Waals surface area contributed by atoms with Crippen LogP contribution in [0.2, 0.25) is 0 Å². The minimum absolute atomic E-state index is 0.180. The van der Waals surface area contributed by atoms with E-state index in [1.54, 1.807) is 0 Å². The van der Waals surface area contributed by atoms with Gasteiger partial charge in [0.25, 0.3) is 0 Å². The zero-order valence-corrected chi connectivity index (χ0v) is 11.2. The molecule has 0 aromatic carbocycles. The first kappa shape index (κ1) is 13.9. The summed E-state index contributed by atoms with van der Waals surface area (Å²) in [6.07, 6.45) is -0.440. The zero-order valence-electron chi connectivity index (χ0n) is 11.2. The lowest BCUT2D eigenvalue weighted by Crippen LogP contribution is -2.62. The lowest BCUT2D eigenvalue weighted by atomic mass is 9.63. The van der Waals surface area contributed by atoms with Gasteiger partial charge in [-0.2, -0.15) is 0 Å². The molecule has 8 heteroatoms. The van der Waals surface area contributed by atoms with Crippen LogP contribution in [-0.2, 0) is 28.7 Å². The van der Waals surface area contributed by atoms with Crippen LogP contribution in [0.15, 0.2) is 11.1 Å². The number of ketones is 1. The van der Waals surface area contributed by atoms with Gasteiger partial charge < -0.3 is 19.7 Å². The van der Waals surface area contributed by atoms with Crippen LogP contribution >= 0.6 is 0 Å². The first-order chi connectivity index (χ1) is 9.60. The summed E-state index contributed by atoms with van der Waals surface area (Å²) in [4.78, 5) is 47.0. The largest absolute Gasteiger partial charge is 0.428 e. The van der Waals surface area contributed by atoms with Crippen molar-refractivity contribution in [2.24, 2.45) is 11.8 Å². The molecule has 2 N–H and O–H groups in total. The van der Waals surface area contributed by atoms with E-state index in [9.17, 15) is 29.4 Å². The summed E-state index contributed by atoms with van der Waals surface area (Å²) in [5.41, 5.74) is -2.59. The lowest BCUT2D eigenvalue weighted by molar-refractivity contribution is -0.230. The first-order valence-corrected chi connectivity index (χ1v) is 6.27. The van der Waals surface area contributed by atoms with Gasteiger partial charge in [-0.3, -0.25) is 14.4 Å². The Morgan fingerprint density at radius 1 is 1.29 bits per heavy atom. The van der Waals surface area contributed by atoms with Gasteiger partial charge in [-0.05, 0) is 13.8 Å². The topological polar surface area (TPSA) is 127 Å². The highest BCUT2D eigenvalue weighted by molar-refractivity contribution is 6.10. The standard InChI is InChI=1S/C13H12O8/c1-4(14)9-12(2,18)8-7(10(16)20-11(8)17)5-3-6(15)21-13(5,9)19/h8-9,18-19H,3H2,1-2H3/t8-,9-,12-,13+/m1/s1. The molecule has 21 heavy (non-hydrogen) atoms. The number of carbonyl (C=O) groups is 4. The van der Waals surface area contributed by atoms with E-state index in [1.807, 2.05) is 0 Å². The Bertz CT molecular complexity index is 643. The molecule has 2 saturated heterocycles. The van der Waals surface area contributed by atoms with Gasteiger partial charge in [-0.15, -0.1) is 0 Å². The van der Waals surface area contributed by atoms with Crippen molar-refractivity contribution in [2.45, 2.75) is 31.7 Å². The second-order valence-electron chi connectivity index (χ2n) is 5.65. The Kier molecular flexibility index (Phi) is 2.50. The molecule has 0 saturated carbocycles. The number of esters is 3. The normalized spacial score (nSPS) is 41.6. The molecule has 112 valence electrons. The summed E-state index contributed by atoms with van der Waals surface area (Å²) in [6.45, 7) is 2.22. The third kappa shape index (κ3) is 1.51. The van der Waals surface area contributed by atoms with Gasteiger partial charge in [0.2, 0.25) is 5.79 Å². The molecule has 2 aliphatic heterocycles. The smallest absolute Gasteiger partial charge is 0.342 e.